The van der Waals surface area contributed by atoms with Crippen molar-refractivity contribution in [3.05, 3.63) is 39.7 Å². The maximum atomic E-state index is 12.8. The second-order valence-corrected chi connectivity index (χ2v) is 8.86. The van der Waals surface area contributed by atoms with Gasteiger partial charge in [0.15, 0.2) is 0 Å². The molecule has 3 rings (SSSR count). The van der Waals surface area contributed by atoms with E-state index < -0.39 is 5.97 Å². The number of aryl methyl sites for hydroxylation is 1. The number of esters is 1. The first-order valence-corrected chi connectivity index (χ1v) is 11.3. The summed E-state index contributed by atoms with van der Waals surface area (Å²) in [5.74, 6) is -0.520. The van der Waals surface area contributed by atoms with Gasteiger partial charge in [-0.05, 0) is 57.5 Å². The molecule has 1 N–H and O–H groups in total. The molecule has 1 aromatic carbocycles. The monoisotopic (exact) mass is 434 g/mol. The lowest BCUT2D eigenvalue weighted by molar-refractivity contribution is -0.117. The van der Waals surface area contributed by atoms with Crippen LogP contribution in [0.25, 0.3) is 11.1 Å². The number of hydrogen-bond donors (Lipinski definition) is 1. The molecule has 0 unspecified atom stereocenters. The standard InChI is InChI=1S/C22H27ClN2O3S/c1-3-28-22(27)20-19(16-8-10-17(23)11-9-16)15(2)29-21(20)24-18(26)14-25-12-6-4-5-7-13-25/h8-11H,3-7,12-14H2,1-2H3,(H,24,26). The summed E-state index contributed by atoms with van der Waals surface area (Å²) in [5, 5.41) is 4.15. The minimum absolute atomic E-state index is 0.0960. The van der Waals surface area contributed by atoms with Crippen LogP contribution in [-0.4, -0.2) is 43.0 Å². The molecule has 0 saturated carbocycles. The number of nitrogens with zero attached hydrogens (tertiary/aromatic N) is 1. The third kappa shape index (κ3) is 5.59. The van der Waals surface area contributed by atoms with Crippen LogP contribution < -0.4 is 5.32 Å². The van der Waals surface area contributed by atoms with Crippen molar-refractivity contribution in [2.45, 2.75) is 39.5 Å². The number of nitrogens with one attached hydrogen (secondary N) is 1. The fraction of sp³-hybridized carbons (Fsp3) is 0.455. The Bertz CT molecular complexity index is 856. The molecule has 1 aliphatic heterocycles. The summed E-state index contributed by atoms with van der Waals surface area (Å²) in [5.41, 5.74) is 2.08. The maximum absolute atomic E-state index is 12.8. The number of thiophene rings is 1. The predicted molar refractivity (Wildman–Crippen MR) is 119 cm³/mol. The highest BCUT2D eigenvalue weighted by atomic mass is 35.5. The molecule has 0 bridgehead atoms. The van der Waals surface area contributed by atoms with Gasteiger partial charge in [0.2, 0.25) is 5.91 Å². The Morgan fingerprint density at radius 3 is 2.41 bits per heavy atom. The molecule has 0 aliphatic carbocycles. The van der Waals surface area contributed by atoms with Crippen LogP contribution in [0.15, 0.2) is 24.3 Å². The zero-order valence-corrected chi connectivity index (χ0v) is 18.5. The van der Waals surface area contributed by atoms with E-state index >= 15 is 0 Å². The molecule has 1 amide bonds. The molecule has 0 atom stereocenters. The van der Waals surface area contributed by atoms with Crippen LogP contribution in [0.2, 0.25) is 5.02 Å². The Labute approximate surface area is 181 Å². The molecule has 1 aliphatic rings. The molecule has 29 heavy (non-hydrogen) atoms. The first kappa shape index (κ1) is 21.8. The van der Waals surface area contributed by atoms with Crippen LogP contribution in [0.3, 0.4) is 0 Å². The molecular formula is C22H27ClN2O3S. The molecular weight excluding hydrogens is 408 g/mol. The van der Waals surface area contributed by atoms with E-state index in [1.807, 2.05) is 19.1 Å². The Balaban J connectivity index is 1.87. The number of rotatable bonds is 6. The average Bonchev–Trinajstić information content (AvgIpc) is 2.83. The van der Waals surface area contributed by atoms with Crippen LogP contribution in [0.1, 0.15) is 47.8 Å². The molecule has 2 aromatic rings. The Hall–Kier alpha value is -1.89. The number of carbonyl (C=O) groups excluding carboxylic acids is 2. The van der Waals surface area contributed by atoms with Crippen molar-refractivity contribution in [3.8, 4) is 11.1 Å². The second-order valence-electron chi connectivity index (χ2n) is 7.20. The summed E-state index contributed by atoms with van der Waals surface area (Å²) in [7, 11) is 0. The summed E-state index contributed by atoms with van der Waals surface area (Å²) in [6, 6.07) is 7.34. The van der Waals surface area contributed by atoms with Gasteiger partial charge >= 0.3 is 5.97 Å². The van der Waals surface area contributed by atoms with Gasteiger partial charge in [-0.2, -0.15) is 0 Å². The fourth-order valence-electron chi connectivity index (χ4n) is 3.66. The summed E-state index contributed by atoms with van der Waals surface area (Å²) in [4.78, 5) is 28.6. The molecule has 5 nitrogen and oxygen atoms in total. The van der Waals surface area contributed by atoms with Crippen LogP contribution >= 0.6 is 22.9 Å². The predicted octanol–water partition coefficient (Wildman–Crippen LogP) is 5.37. The highest BCUT2D eigenvalue weighted by Crippen LogP contribution is 2.40. The smallest absolute Gasteiger partial charge is 0.341 e. The van der Waals surface area contributed by atoms with Crippen LogP contribution in [0.4, 0.5) is 5.00 Å². The number of likely N-dealkylation sites (tertiary alicyclic amines) is 1. The van der Waals surface area contributed by atoms with Crippen LogP contribution in [0, 0.1) is 6.92 Å². The number of anilines is 1. The molecule has 7 heteroatoms. The number of amides is 1. The maximum Gasteiger partial charge on any atom is 0.341 e. The summed E-state index contributed by atoms with van der Waals surface area (Å²) in [6.45, 7) is 6.22. The summed E-state index contributed by atoms with van der Waals surface area (Å²) < 4.78 is 5.30. The van der Waals surface area contributed by atoms with Gasteiger partial charge < -0.3 is 10.1 Å². The number of halogens is 1. The van der Waals surface area contributed by atoms with E-state index in [0.29, 0.717) is 22.1 Å². The van der Waals surface area contributed by atoms with E-state index in [4.69, 9.17) is 16.3 Å². The van der Waals surface area contributed by atoms with E-state index in [9.17, 15) is 9.59 Å². The van der Waals surface area contributed by atoms with Gasteiger partial charge in [0.1, 0.15) is 10.6 Å². The highest BCUT2D eigenvalue weighted by molar-refractivity contribution is 7.17. The van der Waals surface area contributed by atoms with Gasteiger partial charge in [0.25, 0.3) is 0 Å². The molecule has 1 aromatic heterocycles. The average molecular weight is 435 g/mol. The minimum Gasteiger partial charge on any atom is -0.462 e. The quantitative estimate of drug-likeness (QED) is 0.621. The van der Waals surface area contributed by atoms with Gasteiger partial charge in [-0.15, -0.1) is 11.3 Å². The fourth-order valence-corrected chi connectivity index (χ4v) is 4.86. The Morgan fingerprint density at radius 2 is 1.79 bits per heavy atom. The SMILES string of the molecule is CCOC(=O)c1c(NC(=O)CN2CCCCCC2)sc(C)c1-c1ccc(Cl)cc1. The van der Waals surface area contributed by atoms with E-state index in [0.717, 1.165) is 41.9 Å². The lowest BCUT2D eigenvalue weighted by Gasteiger charge is -2.19. The molecule has 0 radical (unpaired) electrons. The van der Waals surface area contributed by atoms with Crippen molar-refractivity contribution in [2.24, 2.45) is 0 Å². The van der Waals surface area contributed by atoms with Crippen molar-refractivity contribution in [3.63, 3.8) is 0 Å². The highest BCUT2D eigenvalue weighted by Gasteiger charge is 2.26. The largest absolute Gasteiger partial charge is 0.462 e. The Kier molecular flexibility index (Phi) is 7.70. The van der Waals surface area contributed by atoms with Crippen LogP contribution in [-0.2, 0) is 9.53 Å². The zero-order chi connectivity index (χ0) is 20.8. The topological polar surface area (TPSA) is 58.6 Å². The molecule has 1 saturated heterocycles. The first-order valence-electron chi connectivity index (χ1n) is 10.1. The lowest BCUT2D eigenvalue weighted by Crippen LogP contribution is -2.34. The van der Waals surface area contributed by atoms with Crippen molar-refractivity contribution in [1.29, 1.82) is 0 Å². The lowest BCUT2D eigenvalue weighted by atomic mass is 10.0. The second kappa shape index (κ2) is 10.2. The van der Waals surface area contributed by atoms with Crippen LogP contribution in [0.5, 0.6) is 0 Å². The normalized spacial score (nSPS) is 15.0. The molecule has 2 heterocycles. The van der Waals surface area contributed by atoms with Gasteiger partial charge in [0, 0.05) is 15.5 Å². The van der Waals surface area contributed by atoms with Crippen molar-refractivity contribution >= 4 is 39.8 Å². The van der Waals surface area contributed by atoms with Gasteiger partial charge in [-0.1, -0.05) is 36.6 Å². The number of ether oxygens (including phenoxy) is 1. The third-order valence-corrected chi connectivity index (χ3v) is 6.29. The summed E-state index contributed by atoms with van der Waals surface area (Å²) in [6.07, 6.45) is 4.69. The van der Waals surface area contributed by atoms with Crippen molar-refractivity contribution < 1.29 is 14.3 Å². The molecule has 0 spiro atoms. The minimum atomic E-state index is -0.424. The molecule has 1 fully saturated rings. The first-order chi connectivity index (χ1) is 14.0. The Morgan fingerprint density at radius 1 is 1.14 bits per heavy atom. The summed E-state index contributed by atoms with van der Waals surface area (Å²) >= 11 is 7.42. The zero-order valence-electron chi connectivity index (χ0n) is 16.9. The van der Waals surface area contributed by atoms with E-state index in [1.54, 1.807) is 19.1 Å². The van der Waals surface area contributed by atoms with Gasteiger partial charge in [-0.25, -0.2) is 4.79 Å². The van der Waals surface area contributed by atoms with Crippen molar-refractivity contribution in [2.75, 3.05) is 31.6 Å². The van der Waals surface area contributed by atoms with Gasteiger partial charge in [0.05, 0.1) is 13.2 Å². The van der Waals surface area contributed by atoms with E-state index in [-0.39, 0.29) is 12.5 Å². The van der Waals surface area contributed by atoms with E-state index in [1.165, 1.54) is 24.2 Å². The van der Waals surface area contributed by atoms with Gasteiger partial charge in [-0.3, -0.25) is 9.69 Å². The number of benzene rings is 1. The number of hydrogen-bond acceptors (Lipinski definition) is 5. The number of carbonyl (C=O) groups is 2. The van der Waals surface area contributed by atoms with Crippen molar-refractivity contribution in [1.82, 2.24) is 4.90 Å². The molecule has 156 valence electrons. The third-order valence-electron chi connectivity index (χ3n) is 5.02. The van der Waals surface area contributed by atoms with E-state index in [2.05, 4.69) is 10.2 Å².